The molecule has 0 saturated heterocycles. The molecule has 0 bridgehead atoms. The predicted molar refractivity (Wildman–Crippen MR) is 72.8 cm³/mol. The molecule has 1 unspecified atom stereocenters. The van der Waals surface area contributed by atoms with Crippen molar-refractivity contribution in [3.05, 3.63) is 32.4 Å². The van der Waals surface area contributed by atoms with Gasteiger partial charge in [0.2, 0.25) is 0 Å². The molecule has 0 aromatic carbocycles. The van der Waals surface area contributed by atoms with E-state index in [2.05, 4.69) is 22.0 Å². The van der Waals surface area contributed by atoms with E-state index in [0.29, 0.717) is 0 Å². The van der Waals surface area contributed by atoms with Crippen LogP contribution in [0.4, 0.5) is 0 Å². The van der Waals surface area contributed by atoms with Crippen molar-refractivity contribution in [2.24, 2.45) is 0 Å². The Morgan fingerprint density at radius 1 is 1.25 bits per heavy atom. The Morgan fingerprint density at radius 3 is 2.81 bits per heavy atom. The topological polar surface area (TPSA) is 20.2 Å². The summed E-state index contributed by atoms with van der Waals surface area (Å²) in [6.45, 7) is 0. The zero-order valence-corrected chi connectivity index (χ0v) is 11.7. The van der Waals surface area contributed by atoms with Crippen LogP contribution in [0, 0.1) is 0 Å². The van der Waals surface area contributed by atoms with Crippen molar-refractivity contribution in [1.29, 1.82) is 0 Å². The summed E-state index contributed by atoms with van der Waals surface area (Å²) in [7, 11) is 0. The molecule has 0 fully saturated rings. The highest BCUT2D eigenvalue weighted by molar-refractivity contribution is 9.10. The molecule has 2 rings (SSSR count). The van der Waals surface area contributed by atoms with Crippen molar-refractivity contribution in [1.82, 2.24) is 0 Å². The minimum Gasteiger partial charge on any atom is -0.383 e. The van der Waals surface area contributed by atoms with E-state index < -0.39 is 6.10 Å². The summed E-state index contributed by atoms with van der Waals surface area (Å²) >= 11 is 5.12. The first-order valence-corrected chi connectivity index (χ1v) is 7.56. The lowest BCUT2D eigenvalue weighted by atomic mass is 9.96. The van der Waals surface area contributed by atoms with Crippen LogP contribution >= 0.6 is 27.3 Å². The highest BCUT2D eigenvalue weighted by atomic mass is 79.9. The molecule has 0 radical (unpaired) electrons. The summed E-state index contributed by atoms with van der Waals surface area (Å²) < 4.78 is 1.04. The largest absolute Gasteiger partial charge is 0.383 e. The lowest BCUT2D eigenvalue weighted by molar-refractivity contribution is 0.212. The zero-order valence-electron chi connectivity index (χ0n) is 9.29. The zero-order chi connectivity index (χ0) is 11.4. The minimum absolute atomic E-state index is 0.396. The number of allylic oxidation sites excluding steroid dienone is 1. The molecular formula is C13H17BrOS. The van der Waals surface area contributed by atoms with Crippen molar-refractivity contribution < 1.29 is 5.11 Å². The van der Waals surface area contributed by atoms with Crippen LogP contribution in [0.25, 0.3) is 0 Å². The predicted octanol–water partition coefficient (Wildman–Crippen LogP) is 4.82. The van der Waals surface area contributed by atoms with Crippen LogP contribution in [0.1, 0.15) is 49.5 Å². The van der Waals surface area contributed by atoms with Crippen LogP contribution in [0.15, 0.2) is 27.6 Å². The van der Waals surface area contributed by atoms with E-state index in [1.165, 1.54) is 31.3 Å². The van der Waals surface area contributed by atoms with Crippen LogP contribution < -0.4 is 0 Å². The number of halogens is 1. The van der Waals surface area contributed by atoms with E-state index in [4.69, 9.17) is 0 Å². The van der Waals surface area contributed by atoms with E-state index in [0.717, 1.165) is 22.2 Å². The molecule has 0 amide bonds. The highest BCUT2D eigenvalue weighted by Crippen LogP contribution is 2.35. The van der Waals surface area contributed by atoms with E-state index in [9.17, 15) is 5.11 Å². The maximum atomic E-state index is 10.3. The lowest BCUT2D eigenvalue weighted by Gasteiger charge is -2.16. The molecule has 0 spiro atoms. The monoisotopic (exact) mass is 300 g/mol. The Hall–Kier alpha value is -0.120. The van der Waals surface area contributed by atoms with Crippen molar-refractivity contribution in [2.75, 3.05) is 0 Å². The SMILES string of the molecule is OC(/C1=C/CCCCCC1)c1sccc1Br. The van der Waals surface area contributed by atoms with Crippen LogP contribution in [-0.4, -0.2) is 5.11 Å². The fourth-order valence-electron chi connectivity index (χ4n) is 2.13. The molecule has 1 heterocycles. The molecule has 1 atom stereocenters. The molecule has 1 aliphatic rings. The summed E-state index contributed by atoms with van der Waals surface area (Å²) in [5.41, 5.74) is 1.21. The molecule has 88 valence electrons. The van der Waals surface area contributed by atoms with E-state index >= 15 is 0 Å². The smallest absolute Gasteiger partial charge is 0.110 e. The van der Waals surface area contributed by atoms with Gasteiger partial charge in [0.25, 0.3) is 0 Å². The minimum atomic E-state index is -0.396. The van der Waals surface area contributed by atoms with Gasteiger partial charge in [-0.2, -0.15) is 0 Å². The number of aliphatic hydroxyl groups excluding tert-OH is 1. The molecule has 3 heteroatoms. The summed E-state index contributed by atoms with van der Waals surface area (Å²) in [6, 6.07) is 2.01. The molecule has 1 aliphatic carbocycles. The maximum Gasteiger partial charge on any atom is 0.110 e. The molecular weight excluding hydrogens is 284 g/mol. The Morgan fingerprint density at radius 2 is 2.06 bits per heavy atom. The number of hydrogen-bond donors (Lipinski definition) is 1. The third-order valence-corrected chi connectivity index (χ3v) is 4.99. The van der Waals surface area contributed by atoms with Crippen molar-refractivity contribution in [3.63, 3.8) is 0 Å². The van der Waals surface area contributed by atoms with Gasteiger partial charge in [0.15, 0.2) is 0 Å². The van der Waals surface area contributed by atoms with Gasteiger partial charge < -0.3 is 5.11 Å². The third kappa shape index (κ3) is 2.96. The van der Waals surface area contributed by atoms with Gasteiger partial charge in [0.1, 0.15) is 6.10 Å². The van der Waals surface area contributed by atoms with Crippen molar-refractivity contribution in [3.8, 4) is 0 Å². The quantitative estimate of drug-likeness (QED) is 0.776. The van der Waals surface area contributed by atoms with Gasteiger partial charge >= 0.3 is 0 Å². The summed E-state index contributed by atoms with van der Waals surface area (Å²) in [5.74, 6) is 0. The van der Waals surface area contributed by atoms with Crippen molar-refractivity contribution >= 4 is 27.3 Å². The molecule has 0 aliphatic heterocycles. The Balaban J connectivity index is 2.13. The standard InChI is InChI=1S/C13H17BrOS/c14-11-8-9-16-13(11)12(15)10-6-4-2-1-3-5-7-10/h6,8-9,12,15H,1-5,7H2/b10-6+. The fourth-order valence-corrected chi connectivity index (χ4v) is 3.75. The first kappa shape index (κ1) is 12.3. The average Bonchev–Trinajstić information content (AvgIpc) is 2.63. The second kappa shape index (κ2) is 5.99. The molecule has 16 heavy (non-hydrogen) atoms. The van der Waals surface area contributed by atoms with Gasteiger partial charge in [-0.05, 0) is 58.6 Å². The molecule has 0 saturated carbocycles. The lowest BCUT2D eigenvalue weighted by Crippen LogP contribution is -2.02. The van der Waals surface area contributed by atoms with E-state index in [-0.39, 0.29) is 0 Å². The van der Waals surface area contributed by atoms with Crippen LogP contribution in [0.5, 0.6) is 0 Å². The summed E-state index contributed by atoms with van der Waals surface area (Å²) in [5, 5.41) is 12.4. The first-order chi connectivity index (χ1) is 7.79. The number of rotatable bonds is 2. The number of aliphatic hydroxyl groups is 1. The second-order valence-corrected chi connectivity index (χ2v) is 6.07. The van der Waals surface area contributed by atoms with Gasteiger partial charge in [0, 0.05) is 4.47 Å². The molecule has 1 nitrogen and oxygen atoms in total. The molecule has 1 aromatic rings. The number of hydrogen-bond acceptors (Lipinski definition) is 2. The second-order valence-electron chi connectivity index (χ2n) is 4.27. The Kier molecular flexibility index (Phi) is 4.62. The molecule has 1 aromatic heterocycles. The maximum absolute atomic E-state index is 10.3. The Labute approximate surface area is 109 Å². The van der Waals surface area contributed by atoms with Crippen LogP contribution in [0.3, 0.4) is 0 Å². The van der Waals surface area contributed by atoms with E-state index in [1.807, 2.05) is 11.4 Å². The van der Waals surface area contributed by atoms with Gasteiger partial charge in [-0.25, -0.2) is 0 Å². The summed E-state index contributed by atoms with van der Waals surface area (Å²) in [4.78, 5) is 1.05. The molecule has 1 N–H and O–H groups in total. The van der Waals surface area contributed by atoms with Gasteiger partial charge in [0.05, 0.1) is 4.88 Å². The van der Waals surface area contributed by atoms with E-state index in [1.54, 1.807) is 11.3 Å². The fraction of sp³-hybridized carbons (Fsp3) is 0.538. The van der Waals surface area contributed by atoms with Gasteiger partial charge in [-0.1, -0.05) is 18.9 Å². The average molecular weight is 301 g/mol. The number of thiophene rings is 1. The normalized spacial score (nSPS) is 23.0. The van der Waals surface area contributed by atoms with Crippen LogP contribution in [0.2, 0.25) is 0 Å². The first-order valence-electron chi connectivity index (χ1n) is 5.89. The Bertz CT molecular complexity index is 370. The van der Waals surface area contributed by atoms with Gasteiger partial charge in [-0.3, -0.25) is 0 Å². The van der Waals surface area contributed by atoms with Crippen LogP contribution in [-0.2, 0) is 0 Å². The summed E-state index contributed by atoms with van der Waals surface area (Å²) in [6.07, 6.45) is 9.13. The van der Waals surface area contributed by atoms with Crippen molar-refractivity contribution in [2.45, 2.75) is 44.6 Å². The highest BCUT2D eigenvalue weighted by Gasteiger charge is 2.17. The third-order valence-electron chi connectivity index (χ3n) is 3.07. The van der Waals surface area contributed by atoms with Gasteiger partial charge in [-0.15, -0.1) is 11.3 Å².